The Hall–Kier alpha value is -2.07. The minimum atomic E-state index is -0.912. The van der Waals surface area contributed by atoms with Crippen molar-refractivity contribution in [3.63, 3.8) is 0 Å². The van der Waals surface area contributed by atoms with E-state index in [1.54, 1.807) is 19.4 Å². The van der Waals surface area contributed by atoms with Crippen LogP contribution in [0.3, 0.4) is 0 Å². The molecule has 0 aliphatic carbocycles. The van der Waals surface area contributed by atoms with E-state index >= 15 is 0 Å². The largest absolute Gasteiger partial charge is 0.451 e. The Balaban J connectivity index is 2.29. The van der Waals surface area contributed by atoms with Gasteiger partial charge in [0.1, 0.15) is 0 Å². The standard InChI is InChI=1S/C19H21NO2S/c1-19(2,20-14-23-3)18(21)22-17(15-10-6-4-7-11-15)16-12-8-5-9-13-16/h4-14,17H,1-3H3. The summed E-state index contributed by atoms with van der Waals surface area (Å²) >= 11 is 1.46. The smallest absolute Gasteiger partial charge is 0.334 e. The number of aliphatic imine (C=N–C) groups is 1. The van der Waals surface area contributed by atoms with Gasteiger partial charge in [-0.2, -0.15) is 0 Å². The number of carbonyl (C=O) groups excluding carboxylic acids is 1. The van der Waals surface area contributed by atoms with Gasteiger partial charge in [0.05, 0.1) is 5.55 Å². The van der Waals surface area contributed by atoms with Gasteiger partial charge in [-0.25, -0.2) is 4.79 Å². The summed E-state index contributed by atoms with van der Waals surface area (Å²) in [6.45, 7) is 3.52. The van der Waals surface area contributed by atoms with Crippen LogP contribution in [0.4, 0.5) is 0 Å². The highest BCUT2D eigenvalue weighted by atomic mass is 32.2. The van der Waals surface area contributed by atoms with Crippen molar-refractivity contribution >= 4 is 23.3 Å². The van der Waals surface area contributed by atoms with Gasteiger partial charge in [0, 0.05) is 0 Å². The zero-order valence-corrected chi connectivity index (χ0v) is 14.4. The van der Waals surface area contributed by atoms with E-state index in [0.29, 0.717) is 0 Å². The van der Waals surface area contributed by atoms with Gasteiger partial charge < -0.3 is 4.74 Å². The van der Waals surface area contributed by atoms with Crippen LogP contribution in [-0.4, -0.2) is 23.3 Å². The number of hydrogen-bond acceptors (Lipinski definition) is 4. The Morgan fingerprint density at radius 3 is 1.96 bits per heavy atom. The van der Waals surface area contributed by atoms with Gasteiger partial charge in [0.2, 0.25) is 0 Å². The van der Waals surface area contributed by atoms with E-state index in [2.05, 4.69) is 4.99 Å². The van der Waals surface area contributed by atoms with Gasteiger partial charge in [-0.3, -0.25) is 4.99 Å². The molecule has 0 aliphatic heterocycles. The summed E-state index contributed by atoms with van der Waals surface area (Å²) < 4.78 is 5.82. The highest BCUT2D eigenvalue weighted by Crippen LogP contribution is 2.28. The summed E-state index contributed by atoms with van der Waals surface area (Å²) in [5, 5.41) is 0. The number of thioether (sulfide) groups is 1. The van der Waals surface area contributed by atoms with Crippen molar-refractivity contribution in [1.29, 1.82) is 0 Å². The highest BCUT2D eigenvalue weighted by molar-refractivity contribution is 8.11. The average molecular weight is 327 g/mol. The number of benzene rings is 2. The van der Waals surface area contributed by atoms with E-state index in [0.717, 1.165) is 11.1 Å². The van der Waals surface area contributed by atoms with Crippen molar-refractivity contribution in [3.8, 4) is 0 Å². The van der Waals surface area contributed by atoms with E-state index < -0.39 is 11.6 Å². The minimum absolute atomic E-state index is 0.347. The molecule has 0 aliphatic rings. The van der Waals surface area contributed by atoms with Gasteiger partial charge in [0.25, 0.3) is 0 Å². The third-order valence-electron chi connectivity index (χ3n) is 3.41. The lowest BCUT2D eigenvalue weighted by atomic mass is 10.0. The second kappa shape index (κ2) is 7.97. The quantitative estimate of drug-likeness (QED) is 0.446. The molecule has 0 saturated carbocycles. The van der Waals surface area contributed by atoms with Crippen LogP contribution >= 0.6 is 11.8 Å². The Kier molecular flexibility index (Phi) is 5.99. The van der Waals surface area contributed by atoms with Crippen LogP contribution in [0.5, 0.6) is 0 Å². The lowest BCUT2D eigenvalue weighted by Crippen LogP contribution is -2.33. The predicted octanol–water partition coefficient (Wildman–Crippen LogP) is 4.49. The molecule has 0 unspecified atom stereocenters. The molecule has 2 rings (SSSR count). The topological polar surface area (TPSA) is 38.7 Å². The SMILES string of the molecule is CSC=NC(C)(C)C(=O)OC(c1ccccc1)c1ccccc1. The maximum atomic E-state index is 12.6. The fourth-order valence-electron chi connectivity index (χ4n) is 2.07. The third kappa shape index (κ3) is 4.70. The molecule has 120 valence electrons. The molecule has 23 heavy (non-hydrogen) atoms. The maximum absolute atomic E-state index is 12.6. The van der Waals surface area contributed by atoms with Crippen molar-refractivity contribution in [2.75, 3.05) is 6.26 Å². The molecule has 0 spiro atoms. The Morgan fingerprint density at radius 2 is 1.52 bits per heavy atom. The van der Waals surface area contributed by atoms with Gasteiger partial charge >= 0.3 is 5.97 Å². The third-order valence-corrected chi connectivity index (χ3v) is 3.73. The Labute approximate surface area is 141 Å². The van der Waals surface area contributed by atoms with Gasteiger partial charge in [-0.05, 0) is 31.2 Å². The van der Waals surface area contributed by atoms with Crippen LogP contribution in [0.2, 0.25) is 0 Å². The molecule has 0 N–H and O–H groups in total. The first kappa shape index (κ1) is 17.3. The molecule has 0 atom stereocenters. The number of hydrogen-bond donors (Lipinski definition) is 0. The lowest BCUT2D eigenvalue weighted by molar-refractivity contribution is -0.152. The monoisotopic (exact) mass is 327 g/mol. The zero-order valence-electron chi connectivity index (χ0n) is 13.6. The summed E-state index contributed by atoms with van der Waals surface area (Å²) in [6, 6.07) is 19.5. The van der Waals surface area contributed by atoms with Crippen LogP contribution in [-0.2, 0) is 9.53 Å². The first-order chi connectivity index (χ1) is 11.0. The zero-order chi connectivity index (χ0) is 16.7. The number of esters is 1. The first-order valence-corrected chi connectivity index (χ1v) is 8.71. The first-order valence-electron chi connectivity index (χ1n) is 7.42. The molecule has 0 fully saturated rings. The number of carbonyl (C=O) groups is 1. The fraction of sp³-hybridized carbons (Fsp3) is 0.263. The molecule has 0 aromatic heterocycles. The average Bonchev–Trinajstić information content (AvgIpc) is 2.59. The summed E-state index contributed by atoms with van der Waals surface area (Å²) in [6.07, 6.45) is 1.47. The van der Waals surface area contributed by atoms with Crippen molar-refractivity contribution in [2.45, 2.75) is 25.5 Å². The molecule has 2 aromatic rings. The molecule has 3 nitrogen and oxygen atoms in total. The van der Waals surface area contributed by atoms with Crippen molar-refractivity contribution in [2.24, 2.45) is 4.99 Å². The molecule has 0 bridgehead atoms. The maximum Gasteiger partial charge on any atom is 0.334 e. The highest BCUT2D eigenvalue weighted by Gasteiger charge is 2.31. The van der Waals surface area contributed by atoms with Crippen molar-refractivity contribution in [1.82, 2.24) is 0 Å². The van der Waals surface area contributed by atoms with Gasteiger partial charge in [-0.15, -0.1) is 11.8 Å². The van der Waals surface area contributed by atoms with Gasteiger partial charge in [-0.1, -0.05) is 60.7 Å². The van der Waals surface area contributed by atoms with Crippen LogP contribution in [0.15, 0.2) is 65.7 Å². The second-order valence-electron chi connectivity index (χ2n) is 5.64. The van der Waals surface area contributed by atoms with Crippen molar-refractivity contribution in [3.05, 3.63) is 71.8 Å². The number of ether oxygens (including phenoxy) is 1. The lowest BCUT2D eigenvalue weighted by Gasteiger charge is -2.24. The normalized spacial score (nSPS) is 11.8. The Morgan fingerprint density at radius 1 is 1.04 bits per heavy atom. The van der Waals surface area contributed by atoms with E-state index in [1.165, 1.54) is 11.8 Å². The van der Waals surface area contributed by atoms with Crippen LogP contribution in [0.1, 0.15) is 31.1 Å². The summed E-state index contributed by atoms with van der Waals surface area (Å²) in [4.78, 5) is 16.9. The molecule has 0 radical (unpaired) electrons. The van der Waals surface area contributed by atoms with E-state index in [9.17, 15) is 4.79 Å². The predicted molar refractivity (Wildman–Crippen MR) is 96.9 cm³/mol. The molecule has 2 aromatic carbocycles. The number of rotatable bonds is 6. The van der Waals surface area contributed by atoms with Crippen LogP contribution < -0.4 is 0 Å². The van der Waals surface area contributed by atoms with E-state index in [1.807, 2.05) is 66.9 Å². The van der Waals surface area contributed by atoms with Crippen LogP contribution in [0.25, 0.3) is 0 Å². The van der Waals surface area contributed by atoms with E-state index in [-0.39, 0.29) is 5.97 Å². The molecule has 0 saturated heterocycles. The molecule has 0 heterocycles. The molecular formula is C19H21NO2S. The van der Waals surface area contributed by atoms with Gasteiger partial charge in [0.15, 0.2) is 11.6 Å². The van der Waals surface area contributed by atoms with E-state index in [4.69, 9.17) is 4.74 Å². The molecule has 0 amide bonds. The second-order valence-corrected chi connectivity index (χ2v) is 6.32. The fourth-order valence-corrected chi connectivity index (χ4v) is 2.44. The summed E-state index contributed by atoms with van der Waals surface area (Å²) in [7, 11) is 0. The Bertz CT molecular complexity index is 614. The molecule has 4 heteroatoms. The van der Waals surface area contributed by atoms with Crippen LogP contribution in [0, 0.1) is 0 Å². The van der Waals surface area contributed by atoms with Crippen molar-refractivity contribution < 1.29 is 9.53 Å². The number of nitrogens with zero attached hydrogens (tertiary/aromatic N) is 1. The summed E-state index contributed by atoms with van der Waals surface area (Å²) in [5.74, 6) is -0.347. The minimum Gasteiger partial charge on any atom is -0.451 e. The summed E-state index contributed by atoms with van der Waals surface area (Å²) in [5.41, 5.74) is 2.64. The molecular weight excluding hydrogens is 306 g/mol.